The van der Waals surface area contributed by atoms with E-state index in [1.807, 2.05) is 78.9 Å². The molecule has 54 heavy (non-hydrogen) atoms. The maximum Gasteiger partial charge on any atom is 0.143 e. The lowest BCUT2D eigenvalue weighted by Gasteiger charge is -2.26. The molecule has 9 aromatic carbocycles. The molecule has 2 nitrogen and oxygen atoms in total. The lowest BCUT2D eigenvalue weighted by atomic mass is 9.96. The van der Waals surface area contributed by atoms with Gasteiger partial charge in [-0.25, -0.2) is 0 Å². The van der Waals surface area contributed by atoms with Crippen molar-refractivity contribution in [1.82, 2.24) is 0 Å². The smallest absolute Gasteiger partial charge is 0.143 e. The summed E-state index contributed by atoms with van der Waals surface area (Å²) in [6.45, 7) is 0. The number of fused-ring (bicyclic) bond motifs is 4. The minimum absolute atomic E-state index is 0.0509. The van der Waals surface area contributed by atoms with Gasteiger partial charge < -0.3 is 9.32 Å². The molecule has 254 valence electrons. The van der Waals surface area contributed by atoms with Gasteiger partial charge in [0.05, 0.1) is 16.4 Å². The highest BCUT2D eigenvalue weighted by Crippen LogP contribution is 2.40. The second kappa shape index (κ2) is 13.4. The van der Waals surface area contributed by atoms with E-state index in [9.17, 15) is 16.4 Å². The minimum atomic E-state index is -0.701. The molecule has 0 bridgehead atoms. The van der Waals surface area contributed by atoms with Gasteiger partial charge >= 0.3 is 0 Å². The molecule has 0 spiro atoms. The average Bonchev–Trinajstić information content (AvgIpc) is 3.72. The average molecular weight is 702 g/mol. The van der Waals surface area contributed by atoms with E-state index in [1.54, 1.807) is 60.7 Å². The number of furan rings is 1. The first-order chi connectivity index (χ1) is 31.8. The van der Waals surface area contributed by atoms with Crippen molar-refractivity contribution in [3.05, 3.63) is 212 Å². The Morgan fingerprint density at radius 1 is 0.333 bits per heavy atom. The predicted molar refractivity (Wildman–Crippen MR) is 228 cm³/mol. The van der Waals surface area contributed by atoms with Crippen LogP contribution in [-0.2, 0) is 0 Å². The van der Waals surface area contributed by atoms with Crippen molar-refractivity contribution < 1.29 is 20.9 Å². The van der Waals surface area contributed by atoms with Crippen LogP contribution in [0.25, 0.3) is 77.2 Å². The van der Waals surface area contributed by atoms with Crippen molar-refractivity contribution in [3.8, 4) is 44.5 Å². The summed E-state index contributed by atoms with van der Waals surface area (Å²) in [7, 11) is 0. The normalized spacial score (nSPS) is 14.4. The van der Waals surface area contributed by atoms with Crippen molar-refractivity contribution in [2.24, 2.45) is 0 Å². The summed E-state index contributed by atoms with van der Waals surface area (Å²) in [5.41, 5.74) is 1.65. The molecule has 0 fully saturated rings. The van der Waals surface area contributed by atoms with Crippen LogP contribution in [0.15, 0.2) is 216 Å². The molecule has 0 amide bonds. The van der Waals surface area contributed by atoms with Crippen LogP contribution < -0.4 is 4.90 Å². The van der Waals surface area contributed by atoms with Crippen molar-refractivity contribution in [2.75, 3.05) is 4.90 Å². The highest BCUT2D eigenvalue weighted by atomic mass is 16.3. The van der Waals surface area contributed by atoms with Gasteiger partial charge in [-0.15, -0.1) is 0 Å². The Morgan fingerprint density at radius 2 is 0.815 bits per heavy atom. The molecule has 0 saturated heterocycles. The van der Waals surface area contributed by atoms with E-state index in [4.69, 9.17) is 4.42 Å². The molecule has 0 aliphatic carbocycles. The molecule has 0 atom stereocenters. The van der Waals surface area contributed by atoms with E-state index in [1.165, 1.54) is 0 Å². The van der Waals surface area contributed by atoms with Crippen LogP contribution in [0.4, 0.5) is 17.1 Å². The number of para-hydroxylation sites is 2. The highest BCUT2D eigenvalue weighted by Gasteiger charge is 2.16. The van der Waals surface area contributed by atoms with Crippen molar-refractivity contribution in [2.45, 2.75) is 0 Å². The first-order valence-electron chi connectivity index (χ1n) is 23.5. The molecule has 1 aromatic heterocycles. The third kappa shape index (κ3) is 5.71. The molecule has 0 aliphatic rings. The van der Waals surface area contributed by atoms with Crippen molar-refractivity contribution in [3.63, 3.8) is 0 Å². The SMILES string of the molecule is [2H]c1c([2H])c(N(c2c([2H])c([2H])c(-c3ccc(-c4cccc5ccccc45)cc3)c([2H])c2[2H])c2c([2H])c([2H])c(-c3cccc4c3oc3ccccc34)c([2H])c2[2H])c([2H])c([2H])c1-c1ccccc1. The summed E-state index contributed by atoms with van der Waals surface area (Å²) in [4.78, 5) is 0.829. The fraction of sp³-hybridized carbons (Fsp3) is 0. The molecule has 0 saturated carbocycles. The van der Waals surface area contributed by atoms with E-state index in [0.29, 0.717) is 27.7 Å². The highest BCUT2D eigenvalue weighted by molar-refractivity contribution is 6.09. The fourth-order valence-electron chi connectivity index (χ4n) is 6.85. The van der Waals surface area contributed by atoms with Crippen LogP contribution in [0.2, 0.25) is 0 Å². The summed E-state index contributed by atoms with van der Waals surface area (Å²) in [5, 5.41) is 3.54. The largest absolute Gasteiger partial charge is 0.455 e. The Bertz CT molecular complexity index is 3530. The molecule has 2 heteroatoms. The summed E-state index contributed by atoms with van der Waals surface area (Å²) >= 11 is 0. The van der Waals surface area contributed by atoms with Crippen LogP contribution in [0, 0.1) is 0 Å². The van der Waals surface area contributed by atoms with Crippen molar-refractivity contribution >= 4 is 49.8 Å². The monoisotopic (exact) mass is 701 g/mol. The summed E-state index contributed by atoms with van der Waals surface area (Å²) < 4.78 is 119. The topological polar surface area (TPSA) is 16.4 Å². The Kier molecular flexibility index (Phi) is 5.32. The summed E-state index contributed by atoms with van der Waals surface area (Å²) in [6.07, 6.45) is 0. The van der Waals surface area contributed by atoms with Gasteiger partial charge in [-0.1, -0.05) is 170 Å². The van der Waals surface area contributed by atoms with Gasteiger partial charge in [0.2, 0.25) is 0 Å². The molecular weight excluding hydrogens is 655 g/mol. The van der Waals surface area contributed by atoms with Crippen LogP contribution in [0.5, 0.6) is 0 Å². The van der Waals surface area contributed by atoms with Crippen molar-refractivity contribution in [1.29, 1.82) is 0 Å². The number of hydrogen-bond donors (Lipinski definition) is 0. The second-order valence-corrected chi connectivity index (χ2v) is 12.8. The number of benzene rings is 9. The summed E-state index contributed by atoms with van der Waals surface area (Å²) in [5.74, 6) is 0. The second-order valence-electron chi connectivity index (χ2n) is 12.8. The Labute approximate surface area is 331 Å². The van der Waals surface area contributed by atoms with E-state index in [0.717, 1.165) is 32.2 Å². The zero-order valence-corrected chi connectivity index (χ0v) is 28.6. The first kappa shape index (κ1) is 21.4. The van der Waals surface area contributed by atoms with Crippen LogP contribution in [-0.4, -0.2) is 0 Å². The van der Waals surface area contributed by atoms with Crippen LogP contribution in [0.1, 0.15) is 16.4 Å². The molecule has 10 rings (SSSR count). The summed E-state index contributed by atoms with van der Waals surface area (Å²) in [6, 6.07) is 34.5. The Hall–Kier alpha value is -7.16. The zero-order valence-electron chi connectivity index (χ0n) is 40.6. The van der Waals surface area contributed by atoms with Gasteiger partial charge in [-0.2, -0.15) is 0 Å². The van der Waals surface area contributed by atoms with Gasteiger partial charge in [-0.05, 0) is 92.0 Å². The number of anilines is 3. The molecular formula is C52H35NO. The number of rotatable bonds is 7. The molecule has 0 aliphatic heterocycles. The molecule has 10 aromatic rings. The molecule has 0 radical (unpaired) electrons. The van der Waals surface area contributed by atoms with Gasteiger partial charge in [0.1, 0.15) is 11.2 Å². The molecule has 1 heterocycles. The van der Waals surface area contributed by atoms with Gasteiger partial charge in [0.25, 0.3) is 0 Å². The molecule has 0 unspecified atom stereocenters. The van der Waals surface area contributed by atoms with Gasteiger partial charge in [-0.3, -0.25) is 0 Å². The standard InChI is InChI=1S/C52H35NO/c1-2-10-36(11-3-1)38-24-30-43(31-25-38)53(45-34-28-42(29-35-45)48-17-9-18-50-49-15-6-7-19-51(49)54-52(48)50)44-32-26-39(27-33-44)37-20-22-41(23-21-37)47-16-8-13-40-12-4-5-14-46(40)47/h1-35H/i24D,25D,26D,27D,28D,29D,30D,31D,32D,33D,34D,35D. The maximum atomic E-state index is 9.56. The van der Waals surface area contributed by atoms with E-state index in [-0.39, 0.29) is 22.3 Å². The van der Waals surface area contributed by atoms with E-state index < -0.39 is 89.6 Å². The van der Waals surface area contributed by atoms with E-state index in [2.05, 4.69) is 0 Å². The number of nitrogens with zero attached hydrogens (tertiary/aromatic N) is 1. The van der Waals surface area contributed by atoms with Gasteiger partial charge in [0.15, 0.2) is 0 Å². The third-order valence-corrected chi connectivity index (χ3v) is 9.52. The Balaban J connectivity index is 1.21. The van der Waals surface area contributed by atoms with E-state index >= 15 is 0 Å². The molecule has 0 N–H and O–H groups in total. The lowest BCUT2D eigenvalue weighted by Crippen LogP contribution is -2.09. The van der Waals surface area contributed by atoms with Crippen LogP contribution >= 0.6 is 0 Å². The first-order valence-corrected chi connectivity index (χ1v) is 17.5. The quantitative estimate of drug-likeness (QED) is 0.164. The zero-order chi connectivity index (χ0) is 46.3. The Morgan fingerprint density at radius 3 is 1.50 bits per heavy atom. The predicted octanol–water partition coefficient (Wildman–Crippen LogP) is 14.9. The third-order valence-electron chi connectivity index (χ3n) is 9.52. The minimum Gasteiger partial charge on any atom is -0.455 e. The maximum absolute atomic E-state index is 9.56. The fourth-order valence-corrected chi connectivity index (χ4v) is 6.85. The number of hydrogen-bond acceptors (Lipinski definition) is 2. The van der Waals surface area contributed by atoms with Gasteiger partial charge in [0, 0.05) is 33.4 Å². The van der Waals surface area contributed by atoms with Crippen LogP contribution in [0.3, 0.4) is 0 Å². The lowest BCUT2D eigenvalue weighted by molar-refractivity contribution is 0.670.